The molecule has 4 heterocycles. The van der Waals surface area contributed by atoms with Gasteiger partial charge in [-0.15, -0.1) is 0 Å². The van der Waals surface area contributed by atoms with Crippen molar-refractivity contribution < 1.29 is 0 Å². The van der Waals surface area contributed by atoms with Crippen LogP contribution in [-0.2, 0) is 23.0 Å². The second kappa shape index (κ2) is 40.0. The smallest absolute Gasteiger partial charge is 0.175 e. The fourth-order valence-corrected chi connectivity index (χ4v) is 17.8. The highest BCUT2D eigenvalue weighted by Gasteiger charge is 2.38. The minimum atomic E-state index is 0.551. The molecular formula is C104H96N12S4. The van der Waals surface area contributed by atoms with Crippen molar-refractivity contribution in [2.75, 3.05) is 67.4 Å². The lowest BCUT2D eigenvalue weighted by molar-refractivity contribution is 0.924. The van der Waals surface area contributed by atoms with E-state index in [9.17, 15) is 0 Å². The van der Waals surface area contributed by atoms with Crippen molar-refractivity contribution in [3.63, 3.8) is 0 Å². The van der Waals surface area contributed by atoms with Crippen molar-refractivity contribution in [3.05, 3.63) is 456 Å². The van der Waals surface area contributed by atoms with Crippen molar-refractivity contribution in [1.82, 2.24) is 0 Å². The van der Waals surface area contributed by atoms with Crippen LogP contribution in [-0.4, -0.2) is 48.9 Å². The molecule has 0 fully saturated rings. The zero-order chi connectivity index (χ0) is 82.5. The van der Waals surface area contributed by atoms with Crippen molar-refractivity contribution in [1.29, 1.82) is 0 Å². The Morgan fingerprint density at radius 2 is 0.358 bits per heavy atom. The molecule has 0 atom stereocenters. The van der Waals surface area contributed by atoms with Crippen LogP contribution in [0.2, 0.25) is 0 Å². The second-order valence-electron chi connectivity index (χ2n) is 29.3. The van der Waals surface area contributed by atoms with Crippen molar-refractivity contribution in [2.45, 2.75) is 50.7 Å². The molecule has 4 bridgehead atoms. The summed E-state index contributed by atoms with van der Waals surface area (Å²) in [6, 6.07) is 138. The van der Waals surface area contributed by atoms with Gasteiger partial charge < -0.3 is 19.6 Å². The van der Waals surface area contributed by atoms with E-state index in [0.29, 0.717) is 23.0 Å². The van der Waals surface area contributed by atoms with Crippen LogP contribution in [0.25, 0.3) is 0 Å². The average molecular weight is 1640 g/mol. The number of para-hydroxylation sites is 8. The topological polar surface area (TPSA) is 75.4 Å². The third-order valence-corrected chi connectivity index (χ3v) is 24.5. The minimum Gasteiger partial charge on any atom is -0.327 e. The molecule has 14 aromatic carbocycles. The number of anilines is 8. The summed E-state index contributed by atoms with van der Waals surface area (Å²) in [5.74, 6) is 5.42. The first-order valence-corrected chi connectivity index (χ1v) is 44.1. The lowest BCUT2D eigenvalue weighted by Crippen LogP contribution is -2.46. The van der Waals surface area contributed by atoms with E-state index in [-0.39, 0.29) is 0 Å². The molecule has 18 rings (SSSR count). The Hall–Kier alpha value is -13.0. The van der Waals surface area contributed by atoms with Gasteiger partial charge in [-0.2, -0.15) is 0 Å². The van der Waals surface area contributed by atoms with Crippen LogP contribution in [0.3, 0.4) is 0 Å². The number of hydrogen-bond donors (Lipinski definition) is 0. The van der Waals surface area contributed by atoms with Gasteiger partial charge in [0.2, 0.25) is 0 Å². The molecule has 0 aromatic heterocycles. The van der Waals surface area contributed by atoms with E-state index in [0.717, 1.165) is 157 Å². The van der Waals surface area contributed by atoms with Gasteiger partial charge in [-0.25, -0.2) is 20.0 Å². The van der Waals surface area contributed by atoms with Gasteiger partial charge in [-0.1, -0.05) is 312 Å². The quantitative estimate of drug-likeness (QED) is 0.0925. The van der Waals surface area contributed by atoms with Crippen molar-refractivity contribution >= 4 is 136 Å². The van der Waals surface area contributed by atoms with E-state index in [1.54, 1.807) is 47.0 Å². The molecule has 596 valence electrons. The van der Waals surface area contributed by atoms with Crippen molar-refractivity contribution in [2.24, 2.45) is 20.0 Å². The highest BCUT2D eigenvalue weighted by atomic mass is 32.2. The van der Waals surface area contributed by atoms with Crippen LogP contribution < -0.4 is 39.2 Å². The van der Waals surface area contributed by atoms with Crippen LogP contribution in [0.15, 0.2) is 432 Å². The number of nitrogens with zero attached hydrogens (tertiary/aromatic N) is 12. The van der Waals surface area contributed by atoms with Crippen molar-refractivity contribution in [3.8, 4) is 0 Å². The first-order chi connectivity index (χ1) is 58.8. The minimum absolute atomic E-state index is 0.551. The van der Waals surface area contributed by atoms with E-state index in [1.807, 2.05) is 0 Å². The zero-order valence-electron chi connectivity index (χ0n) is 68.8. The van der Waals surface area contributed by atoms with E-state index in [2.05, 4.69) is 483 Å². The molecule has 0 radical (unpaired) electrons. The number of rotatable bonds is 16. The van der Waals surface area contributed by atoms with Gasteiger partial charge in [0.1, 0.15) is 0 Å². The maximum absolute atomic E-state index is 5.85. The molecule has 120 heavy (non-hydrogen) atoms. The summed E-state index contributed by atoms with van der Waals surface area (Å²) in [4.78, 5) is 42.1. The lowest BCUT2D eigenvalue weighted by Gasteiger charge is -2.42. The number of benzene rings is 14. The third kappa shape index (κ3) is 20.6. The van der Waals surface area contributed by atoms with Crippen LogP contribution >= 0.6 is 47.0 Å². The fourth-order valence-electron chi connectivity index (χ4n) is 13.9. The molecule has 0 saturated heterocycles. The largest absolute Gasteiger partial charge is 0.327 e. The lowest BCUT2D eigenvalue weighted by atomic mass is 10.2. The van der Waals surface area contributed by atoms with Crippen LogP contribution in [0, 0.1) is 27.7 Å². The summed E-state index contributed by atoms with van der Waals surface area (Å²) in [6.07, 6.45) is 0. The van der Waals surface area contributed by atoms with Gasteiger partial charge in [-0.3, -0.25) is 19.6 Å². The molecule has 0 saturated carbocycles. The standard InChI is InChI=1S/C104H96N12S4/c1-77-49-65-93(66-50-77)113-97(109(5)89-41-25-13-26-42-89)98(110(6)90-43-27-14-28-44-90)114(94-67-51-78(2)52-68-94)102(106-86-35-19-10-20-36-86)118-74-83-61-63-84(64-62-83)76-120-104(108-88-39-23-12-24-40-88)116(96-71-55-80(4)56-72-96)100(112(8)92-47-31-16-32-48-92)99(111(7)91-45-29-15-30-46-91)115(95-69-53-79(3)54-70-95)103(107-87-37-21-11-22-38-87)119-75-82-59-57-81(58-60-82)73-117-101(113)105-85-33-17-9-18-34-85/h9-72H,73-76H2,1-8H3/b98-97-,100-99-,105-101?,106-102?,107-103?,108-104?. The molecule has 0 aliphatic carbocycles. The zero-order valence-corrected chi connectivity index (χ0v) is 72.0. The average Bonchev–Trinajstić information content (AvgIpc) is 0.756. The van der Waals surface area contributed by atoms with Gasteiger partial charge in [0.25, 0.3) is 0 Å². The molecule has 4 aliphatic rings. The first kappa shape index (κ1) is 82.2. The Labute approximate surface area is 724 Å². The number of thioether (sulfide) groups is 4. The predicted molar refractivity (Wildman–Crippen MR) is 520 cm³/mol. The number of aryl methyl sites for hydroxylation is 4. The van der Waals surface area contributed by atoms with E-state index < -0.39 is 0 Å². The predicted octanol–water partition coefficient (Wildman–Crippen LogP) is 27.1. The van der Waals surface area contributed by atoms with E-state index >= 15 is 0 Å². The normalized spacial score (nSPS) is 16.2. The summed E-state index contributed by atoms with van der Waals surface area (Å²) >= 11 is 6.80. The summed E-state index contributed by atoms with van der Waals surface area (Å²) in [7, 11) is 8.71. The van der Waals surface area contributed by atoms with Gasteiger partial charge in [0, 0.05) is 96.7 Å². The Morgan fingerprint density at radius 3 is 0.525 bits per heavy atom. The first-order valence-electron chi connectivity index (χ1n) is 40.1. The highest BCUT2D eigenvalue weighted by molar-refractivity contribution is 8.14. The molecule has 0 N–H and O–H groups in total. The maximum atomic E-state index is 5.85. The molecule has 0 spiro atoms. The van der Waals surface area contributed by atoms with Gasteiger partial charge in [-0.05, 0) is 196 Å². The summed E-state index contributed by atoms with van der Waals surface area (Å²) in [5.41, 5.74) is 19.6. The maximum Gasteiger partial charge on any atom is 0.175 e. The van der Waals surface area contributed by atoms with E-state index in [1.165, 1.54) is 0 Å². The van der Waals surface area contributed by atoms with Crippen LogP contribution in [0.1, 0.15) is 44.5 Å². The second-order valence-corrected chi connectivity index (χ2v) is 33.0. The van der Waals surface area contributed by atoms with Crippen LogP contribution in [0.4, 0.5) is 68.2 Å². The Morgan fingerprint density at radius 1 is 0.200 bits per heavy atom. The van der Waals surface area contributed by atoms with Crippen LogP contribution in [0.5, 0.6) is 0 Å². The molecular weight excluding hydrogens is 1550 g/mol. The molecule has 12 nitrogen and oxygen atoms in total. The summed E-state index contributed by atoms with van der Waals surface area (Å²) in [6.45, 7) is 8.59. The number of hydrogen-bond acceptors (Lipinski definition) is 12. The highest BCUT2D eigenvalue weighted by Crippen LogP contribution is 2.44. The SMILES string of the molecule is Cc1ccc(N2C(=Nc3ccccc3)SCc3ccc(cc3)CSC(=Nc3ccccc3)N(c3ccc(C)cc3)/C(N(C)c3ccccc3)=C(/N(C)c3ccccc3)N(c3ccc(C)cc3)C(=Nc3ccccc3)SCc3ccc(cc3)CSC(=Nc3ccccc3)N(c3ccc(C)cc3)/C(N(C)c3ccccc3)=C\2N(C)c2ccccc2)cc1. The Kier molecular flexibility index (Phi) is 27.4. The number of amidine groups is 4. The molecule has 0 unspecified atom stereocenters. The molecule has 4 aliphatic heterocycles. The Bertz CT molecular complexity index is 5130. The van der Waals surface area contributed by atoms with Gasteiger partial charge in [0.15, 0.2) is 44.0 Å². The summed E-state index contributed by atoms with van der Waals surface area (Å²) < 4.78 is 0. The molecule has 14 aromatic rings. The molecule has 16 heteroatoms. The monoisotopic (exact) mass is 1640 g/mol. The molecule has 0 amide bonds. The van der Waals surface area contributed by atoms with Gasteiger partial charge >= 0.3 is 0 Å². The fraction of sp³-hybridized carbons (Fsp3) is 0.115. The van der Waals surface area contributed by atoms with Gasteiger partial charge in [0.05, 0.1) is 22.7 Å². The van der Waals surface area contributed by atoms with E-state index in [4.69, 9.17) is 20.0 Å². The summed E-state index contributed by atoms with van der Waals surface area (Å²) in [5, 5.41) is 2.96. The third-order valence-electron chi connectivity index (χ3n) is 20.5. The number of aliphatic imine (C=N–C) groups is 4. The Balaban J connectivity index is 1.00.